The van der Waals surface area contributed by atoms with Crippen LogP contribution in [0.1, 0.15) is 17.2 Å². The predicted molar refractivity (Wildman–Crippen MR) is 100 cm³/mol. The van der Waals surface area contributed by atoms with E-state index in [-0.39, 0.29) is 6.04 Å². The molecule has 0 fully saturated rings. The second-order valence-electron chi connectivity index (χ2n) is 6.10. The van der Waals surface area contributed by atoms with Gasteiger partial charge in [0.2, 0.25) is 5.95 Å². The van der Waals surface area contributed by atoms with Gasteiger partial charge in [-0.3, -0.25) is 9.55 Å². The van der Waals surface area contributed by atoms with Crippen LogP contribution in [0.5, 0.6) is 0 Å². The first-order valence-corrected chi connectivity index (χ1v) is 8.31. The average Bonchev–Trinajstić information content (AvgIpc) is 3.07. The Labute approximate surface area is 145 Å². The number of hydrogen-bond donors (Lipinski definition) is 1. The first-order chi connectivity index (χ1) is 12.4. The summed E-state index contributed by atoms with van der Waals surface area (Å²) in [4.78, 5) is 9.11. The van der Waals surface area contributed by atoms with Crippen LogP contribution in [0.2, 0.25) is 0 Å². The van der Waals surface area contributed by atoms with Gasteiger partial charge in [0.1, 0.15) is 0 Å². The third kappa shape index (κ3) is 2.31. The van der Waals surface area contributed by atoms with Crippen LogP contribution in [0.25, 0.3) is 16.7 Å². The summed E-state index contributed by atoms with van der Waals surface area (Å²) < 4.78 is 2.23. The molecule has 1 N–H and O–H groups in total. The van der Waals surface area contributed by atoms with Crippen LogP contribution in [0.4, 0.5) is 5.95 Å². The number of benzene rings is 2. The SMILES string of the molecule is C1=C(c2ccccc2)Nc2nc3ccccc3n2C1c1cccnc1. The lowest BCUT2D eigenvalue weighted by Crippen LogP contribution is -2.19. The van der Waals surface area contributed by atoms with Gasteiger partial charge in [-0.05, 0) is 35.4 Å². The van der Waals surface area contributed by atoms with Gasteiger partial charge in [0.25, 0.3) is 0 Å². The number of pyridine rings is 1. The van der Waals surface area contributed by atoms with Crippen molar-refractivity contribution < 1.29 is 0 Å². The number of allylic oxidation sites excluding steroid dienone is 1. The zero-order valence-corrected chi connectivity index (χ0v) is 13.5. The van der Waals surface area contributed by atoms with Crippen LogP contribution in [0.15, 0.2) is 85.2 Å². The summed E-state index contributed by atoms with van der Waals surface area (Å²) in [5.41, 5.74) is 5.46. The minimum absolute atomic E-state index is 0.0487. The number of fused-ring (bicyclic) bond motifs is 3. The molecule has 120 valence electrons. The van der Waals surface area contributed by atoms with E-state index in [1.165, 1.54) is 0 Å². The van der Waals surface area contributed by atoms with E-state index in [2.05, 4.69) is 57.3 Å². The molecule has 2 aromatic heterocycles. The molecule has 4 nitrogen and oxygen atoms in total. The third-order valence-corrected chi connectivity index (χ3v) is 4.56. The molecule has 0 amide bonds. The zero-order chi connectivity index (χ0) is 16.6. The van der Waals surface area contributed by atoms with E-state index in [9.17, 15) is 0 Å². The summed E-state index contributed by atoms with van der Waals surface area (Å²) in [6.45, 7) is 0. The molecule has 0 aliphatic carbocycles. The lowest BCUT2D eigenvalue weighted by Gasteiger charge is -2.26. The van der Waals surface area contributed by atoms with Gasteiger partial charge in [-0.2, -0.15) is 0 Å². The second-order valence-corrected chi connectivity index (χ2v) is 6.10. The van der Waals surface area contributed by atoms with Gasteiger partial charge in [0, 0.05) is 18.1 Å². The summed E-state index contributed by atoms with van der Waals surface area (Å²) in [5.74, 6) is 0.858. The first-order valence-electron chi connectivity index (χ1n) is 8.31. The summed E-state index contributed by atoms with van der Waals surface area (Å²) in [7, 11) is 0. The monoisotopic (exact) mass is 324 g/mol. The zero-order valence-electron chi connectivity index (χ0n) is 13.5. The molecule has 1 aliphatic rings. The van der Waals surface area contributed by atoms with Crippen LogP contribution in [-0.2, 0) is 0 Å². The lowest BCUT2D eigenvalue weighted by molar-refractivity contribution is 0.717. The Morgan fingerprint density at radius 1 is 0.880 bits per heavy atom. The van der Waals surface area contributed by atoms with E-state index in [1.54, 1.807) is 6.20 Å². The summed E-state index contributed by atoms with van der Waals surface area (Å²) >= 11 is 0. The van der Waals surface area contributed by atoms with E-state index in [1.807, 2.05) is 36.5 Å². The Bertz CT molecular complexity index is 1060. The number of rotatable bonds is 2. The van der Waals surface area contributed by atoms with E-state index >= 15 is 0 Å². The summed E-state index contributed by atoms with van der Waals surface area (Å²) in [6, 6.07) is 22.7. The van der Waals surface area contributed by atoms with E-state index in [0.29, 0.717) is 0 Å². The van der Waals surface area contributed by atoms with Gasteiger partial charge in [-0.15, -0.1) is 0 Å². The van der Waals surface area contributed by atoms with Gasteiger partial charge in [-0.25, -0.2) is 4.98 Å². The van der Waals surface area contributed by atoms with Crippen LogP contribution in [0, 0.1) is 0 Å². The number of aromatic nitrogens is 3. The molecule has 0 bridgehead atoms. The van der Waals surface area contributed by atoms with Crippen molar-refractivity contribution in [3.63, 3.8) is 0 Å². The number of para-hydroxylation sites is 2. The average molecular weight is 324 g/mol. The number of anilines is 1. The van der Waals surface area contributed by atoms with E-state index in [4.69, 9.17) is 4.98 Å². The highest BCUT2D eigenvalue weighted by atomic mass is 15.2. The van der Waals surface area contributed by atoms with Crippen LogP contribution >= 0.6 is 0 Å². The van der Waals surface area contributed by atoms with Crippen molar-refractivity contribution in [1.82, 2.24) is 14.5 Å². The Balaban J connectivity index is 1.74. The molecule has 1 atom stereocenters. The van der Waals surface area contributed by atoms with Crippen molar-refractivity contribution in [2.45, 2.75) is 6.04 Å². The van der Waals surface area contributed by atoms with Gasteiger partial charge in [-0.1, -0.05) is 48.5 Å². The summed E-state index contributed by atoms with van der Waals surface area (Å²) in [5, 5.41) is 3.49. The Hall–Kier alpha value is -3.40. The fourth-order valence-corrected chi connectivity index (χ4v) is 3.39. The maximum Gasteiger partial charge on any atom is 0.209 e. The molecule has 2 aromatic carbocycles. The maximum atomic E-state index is 4.80. The quantitative estimate of drug-likeness (QED) is 0.591. The highest BCUT2D eigenvalue weighted by molar-refractivity contribution is 5.85. The molecule has 0 radical (unpaired) electrons. The third-order valence-electron chi connectivity index (χ3n) is 4.56. The topological polar surface area (TPSA) is 42.7 Å². The molecule has 25 heavy (non-hydrogen) atoms. The van der Waals surface area contributed by atoms with Crippen molar-refractivity contribution in [3.05, 3.63) is 96.3 Å². The van der Waals surface area contributed by atoms with Crippen LogP contribution in [0.3, 0.4) is 0 Å². The molecule has 0 saturated heterocycles. The fourth-order valence-electron chi connectivity index (χ4n) is 3.39. The van der Waals surface area contributed by atoms with Gasteiger partial charge < -0.3 is 5.32 Å². The van der Waals surface area contributed by atoms with Gasteiger partial charge in [0.05, 0.1) is 17.1 Å². The Morgan fingerprint density at radius 2 is 1.72 bits per heavy atom. The van der Waals surface area contributed by atoms with Crippen molar-refractivity contribution in [1.29, 1.82) is 0 Å². The van der Waals surface area contributed by atoms with Crippen molar-refractivity contribution >= 4 is 22.7 Å². The van der Waals surface area contributed by atoms with Crippen molar-refractivity contribution in [2.75, 3.05) is 5.32 Å². The van der Waals surface area contributed by atoms with Crippen LogP contribution < -0.4 is 5.32 Å². The van der Waals surface area contributed by atoms with Gasteiger partial charge >= 0.3 is 0 Å². The van der Waals surface area contributed by atoms with Gasteiger partial charge in [0.15, 0.2) is 0 Å². The highest BCUT2D eigenvalue weighted by Gasteiger charge is 2.25. The van der Waals surface area contributed by atoms with E-state index < -0.39 is 0 Å². The predicted octanol–water partition coefficient (Wildman–Crippen LogP) is 4.49. The Morgan fingerprint density at radius 3 is 2.56 bits per heavy atom. The molecular formula is C21H16N4. The highest BCUT2D eigenvalue weighted by Crippen LogP contribution is 2.36. The smallest absolute Gasteiger partial charge is 0.209 e. The first kappa shape index (κ1) is 14.0. The number of nitrogens with one attached hydrogen (secondary N) is 1. The number of hydrogen-bond acceptors (Lipinski definition) is 3. The second kappa shape index (κ2) is 5.60. The largest absolute Gasteiger partial charge is 0.325 e. The number of imidazole rings is 1. The van der Waals surface area contributed by atoms with Crippen molar-refractivity contribution in [2.24, 2.45) is 0 Å². The molecular weight excluding hydrogens is 308 g/mol. The normalized spacial score (nSPS) is 16.2. The fraction of sp³-hybridized carbons (Fsp3) is 0.0476. The maximum absolute atomic E-state index is 4.80. The standard InChI is InChI=1S/C21H16N4/c1-2-7-15(8-3-1)18-13-20(16-9-6-12-22-14-16)25-19-11-5-4-10-17(19)23-21(25)24-18/h1-14,20H,(H,23,24). The minimum Gasteiger partial charge on any atom is -0.325 e. The van der Waals surface area contributed by atoms with E-state index in [0.717, 1.165) is 33.8 Å². The number of nitrogens with zero attached hydrogens (tertiary/aromatic N) is 3. The van der Waals surface area contributed by atoms with Crippen LogP contribution in [-0.4, -0.2) is 14.5 Å². The van der Waals surface area contributed by atoms with Crippen molar-refractivity contribution in [3.8, 4) is 0 Å². The molecule has 0 saturated carbocycles. The molecule has 4 aromatic rings. The molecule has 1 aliphatic heterocycles. The molecule has 1 unspecified atom stereocenters. The summed E-state index contributed by atoms with van der Waals surface area (Å²) in [6.07, 6.45) is 5.97. The molecule has 0 spiro atoms. The Kier molecular flexibility index (Phi) is 3.13. The molecule has 3 heterocycles. The molecule has 5 rings (SSSR count). The molecule has 4 heteroatoms. The minimum atomic E-state index is 0.0487. The lowest BCUT2D eigenvalue weighted by atomic mass is 10.0.